The van der Waals surface area contributed by atoms with E-state index in [-0.39, 0.29) is 5.97 Å². The standard InChI is InChI=1S/C12H20N2O2S/c1-4-16-12(15)6-5-7-13-8-11-9(2)14-10(3)17-11/h13H,4-8H2,1-3H3. The Morgan fingerprint density at radius 3 is 2.82 bits per heavy atom. The Balaban J connectivity index is 2.12. The lowest BCUT2D eigenvalue weighted by atomic mass is 10.3. The van der Waals surface area contributed by atoms with E-state index in [1.165, 1.54) is 4.88 Å². The number of nitrogens with one attached hydrogen (secondary N) is 1. The molecule has 0 spiro atoms. The molecule has 0 amide bonds. The van der Waals surface area contributed by atoms with E-state index in [9.17, 15) is 4.79 Å². The second-order valence-corrected chi connectivity index (χ2v) is 5.11. The van der Waals surface area contributed by atoms with Gasteiger partial charge in [-0.05, 0) is 33.7 Å². The molecule has 1 heterocycles. The Hall–Kier alpha value is -0.940. The van der Waals surface area contributed by atoms with Crippen LogP contribution in [0.25, 0.3) is 0 Å². The van der Waals surface area contributed by atoms with Crippen molar-refractivity contribution < 1.29 is 9.53 Å². The van der Waals surface area contributed by atoms with Gasteiger partial charge in [-0.15, -0.1) is 11.3 Å². The Labute approximate surface area is 106 Å². The highest BCUT2D eigenvalue weighted by atomic mass is 32.1. The second kappa shape index (κ2) is 7.40. The molecule has 0 aliphatic rings. The van der Waals surface area contributed by atoms with E-state index in [1.54, 1.807) is 11.3 Å². The van der Waals surface area contributed by atoms with Gasteiger partial charge in [0.15, 0.2) is 0 Å². The average molecular weight is 256 g/mol. The SMILES string of the molecule is CCOC(=O)CCCNCc1sc(C)nc1C. The topological polar surface area (TPSA) is 51.2 Å². The Morgan fingerprint density at radius 2 is 2.24 bits per heavy atom. The van der Waals surface area contributed by atoms with Crippen LogP contribution in [0.1, 0.15) is 35.3 Å². The van der Waals surface area contributed by atoms with E-state index in [4.69, 9.17) is 4.74 Å². The number of ether oxygens (including phenoxy) is 1. The first-order valence-corrected chi connectivity index (χ1v) is 6.74. The third-order valence-electron chi connectivity index (χ3n) is 2.32. The van der Waals surface area contributed by atoms with Crippen LogP contribution in [0.4, 0.5) is 0 Å². The van der Waals surface area contributed by atoms with Gasteiger partial charge < -0.3 is 10.1 Å². The molecule has 5 heteroatoms. The predicted octanol–water partition coefficient (Wildman–Crippen LogP) is 2.19. The molecule has 1 aromatic rings. The van der Waals surface area contributed by atoms with Crippen LogP contribution in [0.2, 0.25) is 0 Å². The monoisotopic (exact) mass is 256 g/mol. The van der Waals surface area contributed by atoms with Crippen LogP contribution < -0.4 is 5.32 Å². The highest BCUT2D eigenvalue weighted by molar-refractivity contribution is 7.11. The molecule has 0 saturated heterocycles. The van der Waals surface area contributed by atoms with Gasteiger partial charge in [0.2, 0.25) is 0 Å². The number of esters is 1. The van der Waals surface area contributed by atoms with Gasteiger partial charge in [0.05, 0.1) is 17.3 Å². The molecule has 0 bridgehead atoms. The van der Waals surface area contributed by atoms with Gasteiger partial charge in [-0.1, -0.05) is 0 Å². The maximum absolute atomic E-state index is 11.1. The fourth-order valence-electron chi connectivity index (χ4n) is 1.53. The second-order valence-electron chi connectivity index (χ2n) is 3.83. The molecule has 96 valence electrons. The van der Waals surface area contributed by atoms with Crippen LogP contribution in [-0.2, 0) is 16.1 Å². The molecule has 1 aromatic heterocycles. The number of aryl methyl sites for hydroxylation is 2. The third-order valence-corrected chi connectivity index (χ3v) is 3.40. The van der Waals surface area contributed by atoms with E-state index in [1.807, 2.05) is 20.8 Å². The van der Waals surface area contributed by atoms with Gasteiger partial charge in [0, 0.05) is 17.8 Å². The molecule has 0 fully saturated rings. The predicted molar refractivity (Wildman–Crippen MR) is 69.2 cm³/mol. The molecule has 0 aliphatic heterocycles. The van der Waals surface area contributed by atoms with Crippen LogP contribution >= 0.6 is 11.3 Å². The molecule has 4 nitrogen and oxygen atoms in total. The number of hydrogen-bond acceptors (Lipinski definition) is 5. The molecule has 1 N–H and O–H groups in total. The molecule has 0 radical (unpaired) electrons. The number of aromatic nitrogens is 1. The quantitative estimate of drug-likeness (QED) is 0.600. The Kier molecular flexibility index (Phi) is 6.15. The summed E-state index contributed by atoms with van der Waals surface area (Å²) in [6, 6.07) is 0. The molecular weight excluding hydrogens is 236 g/mol. The van der Waals surface area contributed by atoms with Crippen molar-refractivity contribution in [3.63, 3.8) is 0 Å². The molecule has 0 atom stereocenters. The summed E-state index contributed by atoms with van der Waals surface area (Å²) in [4.78, 5) is 16.7. The number of carbonyl (C=O) groups is 1. The molecule has 17 heavy (non-hydrogen) atoms. The van der Waals surface area contributed by atoms with E-state index >= 15 is 0 Å². The van der Waals surface area contributed by atoms with Crippen molar-refractivity contribution >= 4 is 17.3 Å². The van der Waals surface area contributed by atoms with E-state index < -0.39 is 0 Å². The minimum absolute atomic E-state index is 0.112. The Morgan fingerprint density at radius 1 is 1.47 bits per heavy atom. The molecule has 0 unspecified atom stereocenters. The summed E-state index contributed by atoms with van der Waals surface area (Å²) in [6.07, 6.45) is 1.30. The molecule has 1 rings (SSSR count). The largest absolute Gasteiger partial charge is 0.466 e. The zero-order chi connectivity index (χ0) is 12.7. The van der Waals surface area contributed by atoms with Gasteiger partial charge in [-0.2, -0.15) is 0 Å². The summed E-state index contributed by atoms with van der Waals surface area (Å²) in [5.74, 6) is -0.112. The van der Waals surface area contributed by atoms with Crippen molar-refractivity contribution in [1.82, 2.24) is 10.3 Å². The van der Waals surface area contributed by atoms with Crippen molar-refractivity contribution in [3.05, 3.63) is 15.6 Å². The number of hydrogen-bond donors (Lipinski definition) is 1. The average Bonchev–Trinajstić information content (AvgIpc) is 2.57. The maximum Gasteiger partial charge on any atom is 0.305 e. The summed E-state index contributed by atoms with van der Waals surface area (Å²) < 4.78 is 4.85. The number of nitrogens with zero attached hydrogens (tertiary/aromatic N) is 1. The zero-order valence-corrected chi connectivity index (χ0v) is 11.5. The maximum atomic E-state index is 11.1. The normalized spacial score (nSPS) is 10.5. The van der Waals surface area contributed by atoms with Gasteiger partial charge in [0.25, 0.3) is 0 Å². The summed E-state index contributed by atoms with van der Waals surface area (Å²) in [6.45, 7) is 7.99. The zero-order valence-electron chi connectivity index (χ0n) is 10.7. The Bertz CT molecular complexity index is 363. The summed E-state index contributed by atoms with van der Waals surface area (Å²) in [7, 11) is 0. The van der Waals surface area contributed by atoms with Crippen LogP contribution in [0.15, 0.2) is 0 Å². The fraction of sp³-hybridized carbons (Fsp3) is 0.667. The van der Waals surface area contributed by atoms with Gasteiger partial charge >= 0.3 is 5.97 Å². The minimum Gasteiger partial charge on any atom is -0.466 e. The van der Waals surface area contributed by atoms with Crippen molar-refractivity contribution in [1.29, 1.82) is 0 Å². The van der Waals surface area contributed by atoms with Gasteiger partial charge in [-0.3, -0.25) is 4.79 Å². The first-order chi connectivity index (χ1) is 8.13. The van der Waals surface area contributed by atoms with Crippen LogP contribution in [-0.4, -0.2) is 24.1 Å². The van der Waals surface area contributed by atoms with Crippen molar-refractivity contribution in [2.24, 2.45) is 0 Å². The highest BCUT2D eigenvalue weighted by Crippen LogP contribution is 2.16. The first kappa shape index (κ1) is 14.1. The molecular formula is C12H20N2O2S. The number of thiazole rings is 1. The number of carbonyl (C=O) groups excluding carboxylic acids is 1. The van der Waals surface area contributed by atoms with E-state index in [2.05, 4.69) is 10.3 Å². The first-order valence-electron chi connectivity index (χ1n) is 5.92. The lowest BCUT2D eigenvalue weighted by Crippen LogP contribution is -2.16. The van der Waals surface area contributed by atoms with E-state index in [0.29, 0.717) is 13.0 Å². The van der Waals surface area contributed by atoms with Gasteiger partial charge in [0.1, 0.15) is 0 Å². The molecule has 0 aliphatic carbocycles. The lowest BCUT2D eigenvalue weighted by Gasteiger charge is -2.03. The summed E-state index contributed by atoms with van der Waals surface area (Å²) in [5, 5.41) is 4.42. The smallest absolute Gasteiger partial charge is 0.305 e. The molecule has 0 aromatic carbocycles. The van der Waals surface area contributed by atoms with Crippen LogP contribution in [0.3, 0.4) is 0 Å². The minimum atomic E-state index is -0.112. The third kappa shape index (κ3) is 5.28. The van der Waals surface area contributed by atoms with Crippen molar-refractivity contribution in [3.8, 4) is 0 Å². The fourth-order valence-corrected chi connectivity index (χ4v) is 2.44. The number of rotatable bonds is 7. The van der Waals surface area contributed by atoms with Crippen molar-refractivity contribution in [2.75, 3.05) is 13.2 Å². The summed E-state index contributed by atoms with van der Waals surface area (Å²) >= 11 is 1.72. The van der Waals surface area contributed by atoms with Gasteiger partial charge in [-0.25, -0.2) is 4.98 Å². The van der Waals surface area contributed by atoms with E-state index in [0.717, 1.165) is 30.2 Å². The van der Waals surface area contributed by atoms with Crippen LogP contribution in [0, 0.1) is 13.8 Å². The van der Waals surface area contributed by atoms with Crippen LogP contribution in [0.5, 0.6) is 0 Å². The molecule has 0 saturated carbocycles. The lowest BCUT2D eigenvalue weighted by molar-refractivity contribution is -0.143. The highest BCUT2D eigenvalue weighted by Gasteiger charge is 2.04. The summed E-state index contributed by atoms with van der Waals surface area (Å²) in [5.41, 5.74) is 1.10. The van der Waals surface area contributed by atoms with Crippen molar-refractivity contribution in [2.45, 2.75) is 40.2 Å².